The van der Waals surface area contributed by atoms with E-state index in [1.807, 2.05) is 20.8 Å². The van der Waals surface area contributed by atoms with Crippen LogP contribution in [0.3, 0.4) is 0 Å². The molecule has 0 N–H and O–H groups in total. The maximum atomic E-state index is 11.5. The molecule has 0 heterocycles. The molecule has 0 aliphatic heterocycles. The van der Waals surface area contributed by atoms with Gasteiger partial charge in [-0.15, -0.1) is 0 Å². The normalized spacial score (nSPS) is 11.1. The van der Waals surface area contributed by atoms with Gasteiger partial charge in [-0.3, -0.25) is 9.59 Å². The summed E-state index contributed by atoms with van der Waals surface area (Å²) < 4.78 is 9.82. The number of methoxy groups -OCH3 is 1. The van der Waals surface area contributed by atoms with E-state index in [2.05, 4.69) is 4.74 Å². The van der Waals surface area contributed by atoms with E-state index in [0.29, 0.717) is 6.54 Å². The molecule has 5 heteroatoms. The van der Waals surface area contributed by atoms with Gasteiger partial charge in [-0.2, -0.15) is 0 Å². The van der Waals surface area contributed by atoms with Crippen molar-refractivity contribution in [1.29, 1.82) is 0 Å². The highest BCUT2D eigenvalue weighted by molar-refractivity contribution is 5.78. The highest BCUT2D eigenvalue weighted by Gasteiger charge is 2.16. The molecule has 5 nitrogen and oxygen atoms in total. The van der Waals surface area contributed by atoms with Crippen LogP contribution >= 0.6 is 0 Å². The number of rotatable bonds is 5. The zero-order chi connectivity index (χ0) is 12.8. The first-order valence-corrected chi connectivity index (χ1v) is 5.21. The number of hydrogen-bond donors (Lipinski definition) is 0. The van der Waals surface area contributed by atoms with Crippen LogP contribution < -0.4 is 0 Å². The van der Waals surface area contributed by atoms with E-state index in [-0.39, 0.29) is 30.5 Å². The number of carbonyl (C=O) groups excluding carboxylic acids is 2. The molecular weight excluding hydrogens is 210 g/mol. The van der Waals surface area contributed by atoms with Gasteiger partial charge in [0.1, 0.15) is 6.61 Å². The summed E-state index contributed by atoms with van der Waals surface area (Å²) in [6.07, 6.45) is 0.203. The van der Waals surface area contributed by atoms with Crippen molar-refractivity contribution < 1.29 is 19.1 Å². The van der Waals surface area contributed by atoms with Crippen LogP contribution in [-0.2, 0) is 19.1 Å². The van der Waals surface area contributed by atoms with Crippen LogP contribution in [0.25, 0.3) is 0 Å². The maximum Gasteiger partial charge on any atom is 0.307 e. The quantitative estimate of drug-likeness (QED) is 0.657. The van der Waals surface area contributed by atoms with Crippen molar-refractivity contribution in [1.82, 2.24) is 4.90 Å². The summed E-state index contributed by atoms with van der Waals surface area (Å²) in [5, 5.41) is 0. The fraction of sp³-hybridized carbons (Fsp3) is 0.818. The van der Waals surface area contributed by atoms with E-state index in [9.17, 15) is 9.59 Å². The Kier molecular flexibility index (Phi) is 6.03. The van der Waals surface area contributed by atoms with Gasteiger partial charge in [-0.05, 0) is 20.8 Å². The predicted molar refractivity (Wildman–Crippen MR) is 60.0 cm³/mol. The van der Waals surface area contributed by atoms with E-state index in [4.69, 9.17) is 4.74 Å². The van der Waals surface area contributed by atoms with Crippen molar-refractivity contribution in [2.24, 2.45) is 0 Å². The molecule has 0 saturated carbocycles. The predicted octanol–water partition coefficient (Wildman–Crippen LogP) is 0.823. The summed E-state index contributed by atoms with van der Waals surface area (Å²) in [5.74, 6) is -0.463. The fourth-order valence-electron chi connectivity index (χ4n) is 0.874. The molecule has 0 spiro atoms. The first kappa shape index (κ1) is 14.9. The third-order valence-corrected chi connectivity index (χ3v) is 1.93. The average Bonchev–Trinajstić information content (AvgIpc) is 2.20. The Morgan fingerprint density at radius 3 is 2.25 bits per heavy atom. The molecule has 0 aliphatic rings. The number of esters is 1. The topological polar surface area (TPSA) is 55.8 Å². The molecule has 1 amide bonds. The molecule has 0 rings (SSSR count). The number of nitrogens with zero attached hydrogens (tertiary/aromatic N) is 1. The lowest BCUT2D eigenvalue weighted by Gasteiger charge is -2.22. The van der Waals surface area contributed by atoms with E-state index in [1.165, 1.54) is 12.0 Å². The Morgan fingerprint density at radius 2 is 1.81 bits per heavy atom. The lowest BCUT2D eigenvalue weighted by molar-refractivity contribution is -0.143. The van der Waals surface area contributed by atoms with Gasteiger partial charge in [0.25, 0.3) is 0 Å². The lowest BCUT2D eigenvalue weighted by atomic mass is 10.2. The second-order valence-electron chi connectivity index (χ2n) is 4.54. The van der Waals surface area contributed by atoms with Crippen molar-refractivity contribution >= 4 is 11.9 Å². The van der Waals surface area contributed by atoms with Crippen molar-refractivity contribution in [3.05, 3.63) is 0 Å². The molecule has 94 valence electrons. The van der Waals surface area contributed by atoms with E-state index < -0.39 is 0 Å². The molecular formula is C11H21NO4. The summed E-state index contributed by atoms with van der Waals surface area (Å²) in [6.45, 7) is 6.03. The average molecular weight is 231 g/mol. The summed E-state index contributed by atoms with van der Waals surface area (Å²) >= 11 is 0. The SMILES string of the molecule is COC(=O)CCN(C)C(=O)COC(C)(C)C. The maximum absolute atomic E-state index is 11.5. The third kappa shape index (κ3) is 7.23. The van der Waals surface area contributed by atoms with Gasteiger partial charge in [0, 0.05) is 13.6 Å². The molecule has 0 unspecified atom stereocenters. The first-order chi connectivity index (χ1) is 7.26. The van der Waals surface area contributed by atoms with Crippen LogP contribution in [0.4, 0.5) is 0 Å². The summed E-state index contributed by atoms with van der Waals surface area (Å²) in [4.78, 5) is 23.9. The zero-order valence-electron chi connectivity index (χ0n) is 10.7. The number of likely N-dealkylation sites (N-methyl/N-ethyl adjacent to an activating group) is 1. The summed E-state index contributed by atoms with van der Waals surface area (Å²) in [6, 6.07) is 0. The molecule has 0 saturated heterocycles. The van der Waals surface area contributed by atoms with Crippen LogP contribution in [0.2, 0.25) is 0 Å². The second kappa shape index (κ2) is 6.48. The van der Waals surface area contributed by atoms with E-state index in [0.717, 1.165) is 0 Å². The number of carbonyl (C=O) groups is 2. The summed E-state index contributed by atoms with van der Waals surface area (Å²) in [7, 11) is 2.96. The van der Waals surface area contributed by atoms with Gasteiger partial charge < -0.3 is 14.4 Å². The Morgan fingerprint density at radius 1 is 1.25 bits per heavy atom. The van der Waals surface area contributed by atoms with E-state index >= 15 is 0 Å². The standard InChI is InChI=1S/C11H21NO4/c1-11(2,3)16-8-9(13)12(4)7-6-10(14)15-5/h6-8H2,1-5H3. The smallest absolute Gasteiger partial charge is 0.307 e. The molecule has 0 aliphatic carbocycles. The number of ether oxygens (including phenoxy) is 2. The first-order valence-electron chi connectivity index (χ1n) is 5.21. The molecule has 16 heavy (non-hydrogen) atoms. The molecule has 0 bridgehead atoms. The molecule has 0 aromatic rings. The molecule has 0 atom stereocenters. The molecule has 0 aromatic carbocycles. The van der Waals surface area contributed by atoms with Crippen LogP contribution in [-0.4, -0.2) is 49.7 Å². The van der Waals surface area contributed by atoms with Gasteiger partial charge in [-0.1, -0.05) is 0 Å². The highest BCUT2D eigenvalue weighted by atomic mass is 16.5. The van der Waals surface area contributed by atoms with Gasteiger partial charge in [0.2, 0.25) is 5.91 Å². The second-order valence-corrected chi connectivity index (χ2v) is 4.54. The van der Waals surface area contributed by atoms with Crippen molar-refractivity contribution in [3.8, 4) is 0 Å². The third-order valence-electron chi connectivity index (χ3n) is 1.93. The zero-order valence-corrected chi connectivity index (χ0v) is 10.7. The van der Waals surface area contributed by atoms with Crippen LogP contribution in [0.5, 0.6) is 0 Å². The minimum atomic E-state index is -0.334. The Labute approximate surface area is 96.7 Å². The minimum Gasteiger partial charge on any atom is -0.469 e. The molecule has 0 radical (unpaired) electrons. The van der Waals surface area contributed by atoms with E-state index in [1.54, 1.807) is 7.05 Å². The van der Waals surface area contributed by atoms with Crippen LogP contribution in [0, 0.1) is 0 Å². The van der Waals surface area contributed by atoms with Crippen molar-refractivity contribution in [3.63, 3.8) is 0 Å². The minimum absolute atomic E-state index is 0.0289. The monoisotopic (exact) mass is 231 g/mol. The van der Waals surface area contributed by atoms with Crippen LogP contribution in [0.15, 0.2) is 0 Å². The number of amides is 1. The lowest BCUT2D eigenvalue weighted by Crippen LogP contribution is -2.35. The van der Waals surface area contributed by atoms with Crippen LogP contribution in [0.1, 0.15) is 27.2 Å². The van der Waals surface area contributed by atoms with Gasteiger partial charge in [-0.25, -0.2) is 0 Å². The van der Waals surface area contributed by atoms with Crippen molar-refractivity contribution in [2.75, 3.05) is 27.3 Å². The Balaban J connectivity index is 3.86. The molecule has 0 fully saturated rings. The Bertz CT molecular complexity index is 245. The fourth-order valence-corrected chi connectivity index (χ4v) is 0.874. The highest BCUT2D eigenvalue weighted by Crippen LogP contribution is 2.06. The van der Waals surface area contributed by atoms with Gasteiger partial charge in [0.15, 0.2) is 0 Å². The van der Waals surface area contributed by atoms with Crippen molar-refractivity contribution in [2.45, 2.75) is 32.8 Å². The molecule has 0 aromatic heterocycles. The van der Waals surface area contributed by atoms with Gasteiger partial charge >= 0.3 is 5.97 Å². The number of hydrogen-bond acceptors (Lipinski definition) is 4. The largest absolute Gasteiger partial charge is 0.469 e. The van der Waals surface area contributed by atoms with Gasteiger partial charge in [0.05, 0.1) is 19.1 Å². The summed E-state index contributed by atoms with van der Waals surface area (Å²) in [5.41, 5.74) is -0.334. The Hall–Kier alpha value is -1.10.